The smallest absolute Gasteiger partial charge is 0.191 e. The number of aliphatic hydroxyl groups is 1. The molecule has 0 saturated heterocycles. The highest BCUT2D eigenvalue weighted by Gasteiger charge is 2.45. The molecule has 0 heterocycles. The van der Waals surface area contributed by atoms with Crippen molar-refractivity contribution in [3.8, 4) is 0 Å². The Labute approximate surface area is 145 Å². The number of guanidine groups is 1. The Kier molecular flexibility index (Phi) is 7.77. The third-order valence-corrected chi connectivity index (χ3v) is 6.20. The maximum Gasteiger partial charge on any atom is 0.191 e. The summed E-state index contributed by atoms with van der Waals surface area (Å²) in [5, 5.41) is 17.7. The molecule has 0 bridgehead atoms. The normalized spacial score (nSPS) is 28.0. The second-order valence-corrected chi connectivity index (χ2v) is 8.05. The van der Waals surface area contributed by atoms with Gasteiger partial charge in [-0.2, -0.15) is 11.8 Å². The van der Waals surface area contributed by atoms with Crippen molar-refractivity contribution in [2.45, 2.75) is 69.6 Å². The van der Waals surface area contributed by atoms with Crippen molar-refractivity contribution in [3.63, 3.8) is 0 Å². The average molecular weight is 340 g/mol. The first-order chi connectivity index (χ1) is 11.2. The summed E-state index contributed by atoms with van der Waals surface area (Å²) in [6.45, 7) is 6.50. The molecule has 2 unspecified atom stereocenters. The van der Waals surface area contributed by atoms with Gasteiger partial charge in [-0.05, 0) is 57.6 Å². The number of thioether (sulfide) groups is 1. The maximum absolute atomic E-state index is 10.7. The van der Waals surface area contributed by atoms with Crippen LogP contribution in [0.5, 0.6) is 0 Å². The van der Waals surface area contributed by atoms with E-state index in [1.54, 1.807) is 5.57 Å². The lowest BCUT2D eigenvalue weighted by Gasteiger charge is -2.44. The largest absolute Gasteiger partial charge is 0.387 e. The Bertz CT molecular complexity index is 424. The molecule has 0 aromatic heterocycles. The first-order valence-corrected chi connectivity index (χ1v) is 10.3. The summed E-state index contributed by atoms with van der Waals surface area (Å²) in [6, 6.07) is 0. The van der Waals surface area contributed by atoms with Gasteiger partial charge in [0.05, 0.1) is 12.1 Å². The Morgan fingerprint density at radius 1 is 1.39 bits per heavy atom. The van der Waals surface area contributed by atoms with Gasteiger partial charge < -0.3 is 15.7 Å². The minimum Gasteiger partial charge on any atom is -0.387 e. The lowest BCUT2D eigenvalue weighted by Crippen LogP contribution is -2.53. The molecular weight excluding hydrogens is 306 g/mol. The third kappa shape index (κ3) is 5.71. The van der Waals surface area contributed by atoms with E-state index in [1.165, 1.54) is 25.7 Å². The van der Waals surface area contributed by atoms with Gasteiger partial charge in [0.15, 0.2) is 5.96 Å². The summed E-state index contributed by atoms with van der Waals surface area (Å²) in [4.78, 5) is 4.63. The van der Waals surface area contributed by atoms with Crippen molar-refractivity contribution in [3.05, 3.63) is 11.6 Å². The van der Waals surface area contributed by atoms with E-state index in [4.69, 9.17) is 0 Å². The van der Waals surface area contributed by atoms with E-state index >= 15 is 0 Å². The van der Waals surface area contributed by atoms with Crippen LogP contribution in [0.15, 0.2) is 16.6 Å². The molecule has 5 heteroatoms. The van der Waals surface area contributed by atoms with Crippen LogP contribution in [-0.4, -0.2) is 47.3 Å². The van der Waals surface area contributed by atoms with E-state index in [1.807, 2.05) is 11.8 Å². The Morgan fingerprint density at radius 3 is 2.87 bits per heavy atom. The molecule has 1 fully saturated rings. The zero-order valence-corrected chi connectivity index (χ0v) is 15.6. The van der Waals surface area contributed by atoms with Crippen LogP contribution in [0.1, 0.15) is 58.8 Å². The Morgan fingerprint density at radius 2 is 2.26 bits per heavy atom. The fourth-order valence-electron chi connectivity index (χ4n) is 3.25. The quantitative estimate of drug-likeness (QED) is 0.361. The molecule has 0 aromatic carbocycles. The lowest BCUT2D eigenvalue weighted by molar-refractivity contribution is -0.0154. The number of nitrogens with one attached hydrogen (secondary N) is 2. The van der Waals surface area contributed by atoms with Gasteiger partial charge >= 0.3 is 0 Å². The lowest BCUT2D eigenvalue weighted by atomic mass is 9.79. The van der Waals surface area contributed by atoms with Crippen LogP contribution >= 0.6 is 11.8 Å². The van der Waals surface area contributed by atoms with Crippen molar-refractivity contribution in [2.24, 2.45) is 4.99 Å². The molecule has 23 heavy (non-hydrogen) atoms. The molecule has 0 amide bonds. The van der Waals surface area contributed by atoms with Gasteiger partial charge in [-0.25, -0.2) is 0 Å². The van der Waals surface area contributed by atoms with Crippen LogP contribution in [0.2, 0.25) is 0 Å². The van der Waals surface area contributed by atoms with Crippen LogP contribution in [0.4, 0.5) is 0 Å². The van der Waals surface area contributed by atoms with E-state index in [0.29, 0.717) is 11.8 Å². The number of hydrogen-bond donors (Lipinski definition) is 3. The van der Waals surface area contributed by atoms with E-state index in [9.17, 15) is 5.11 Å². The van der Waals surface area contributed by atoms with Crippen molar-refractivity contribution >= 4 is 17.7 Å². The minimum absolute atomic E-state index is 0.353. The zero-order chi connectivity index (χ0) is 16.5. The number of aliphatic imine (C=N–C) groups is 1. The van der Waals surface area contributed by atoms with Crippen LogP contribution < -0.4 is 10.6 Å². The van der Waals surface area contributed by atoms with Crippen LogP contribution in [0.25, 0.3) is 0 Å². The van der Waals surface area contributed by atoms with Gasteiger partial charge in [-0.15, -0.1) is 0 Å². The van der Waals surface area contributed by atoms with Crippen molar-refractivity contribution < 1.29 is 5.11 Å². The molecule has 1 saturated carbocycles. The first kappa shape index (κ1) is 18.7. The summed E-state index contributed by atoms with van der Waals surface area (Å²) < 4.78 is 0. The van der Waals surface area contributed by atoms with Gasteiger partial charge in [0.2, 0.25) is 0 Å². The number of rotatable bonds is 8. The molecule has 2 aliphatic carbocycles. The molecule has 4 nitrogen and oxygen atoms in total. The molecule has 0 aliphatic heterocycles. The second-order valence-electron chi connectivity index (χ2n) is 6.57. The van der Waals surface area contributed by atoms with Crippen molar-refractivity contribution in [2.75, 3.05) is 25.4 Å². The van der Waals surface area contributed by atoms with Crippen LogP contribution in [0.3, 0.4) is 0 Å². The molecule has 0 aromatic rings. The van der Waals surface area contributed by atoms with E-state index in [-0.39, 0.29) is 0 Å². The van der Waals surface area contributed by atoms with Gasteiger partial charge in [-0.1, -0.05) is 18.6 Å². The summed E-state index contributed by atoms with van der Waals surface area (Å²) in [7, 11) is 0. The number of allylic oxidation sites excluding steroid dienone is 1. The Hall–Kier alpha value is -0.680. The van der Waals surface area contributed by atoms with Crippen molar-refractivity contribution in [1.29, 1.82) is 0 Å². The highest BCUT2D eigenvalue weighted by molar-refractivity contribution is 8.00. The zero-order valence-electron chi connectivity index (χ0n) is 14.7. The van der Waals surface area contributed by atoms with Crippen LogP contribution in [-0.2, 0) is 0 Å². The average Bonchev–Trinajstić information content (AvgIpc) is 2.57. The van der Waals surface area contributed by atoms with Gasteiger partial charge in [0.1, 0.15) is 0 Å². The first-order valence-electron chi connectivity index (χ1n) is 9.22. The topological polar surface area (TPSA) is 56.7 Å². The molecule has 0 spiro atoms. The van der Waals surface area contributed by atoms with Crippen molar-refractivity contribution in [1.82, 2.24) is 10.6 Å². The maximum atomic E-state index is 10.7. The van der Waals surface area contributed by atoms with Gasteiger partial charge in [0, 0.05) is 18.3 Å². The standard InChI is InChI=1S/C18H33N3OS/c1-3-19-17(20-13-11-15-8-6-5-7-9-15)21-14-18(22)12-10-16(18)23-4-2/h8,16,22H,3-7,9-14H2,1-2H3,(H2,19,20,21). The second kappa shape index (κ2) is 9.58. The molecule has 2 atom stereocenters. The predicted octanol–water partition coefficient (Wildman–Crippen LogP) is 3.08. The molecular formula is C18H33N3OS. The van der Waals surface area contributed by atoms with Crippen LogP contribution in [0, 0.1) is 0 Å². The molecule has 2 rings (SSSR count). The number of nitrogens with zero attached hydrogens (tertiary/aromatic N) is 1. The highest BCUT2D eigenvalue weighted by Crippen LogP contribution is 2.41. The summed E-state index contributed by atoms with van der Waals surface area (Å²) in [5.41, 5.74) is 0.978. The van der Waals surface area contributed by atoms with E-state index < -0.39 is 5.60 Å². The molecule has 132 valence electrons. The van der Waals surface area contributed by atoms with Gasteiger partial charge in [-0.3, -0.25) is 4.99 Å². The highest BCUT2D eigenvalue weighted by atomic mass is 32.2. The van der Waals surface area contributed by atoms with Gasteiger partial charge in [0.25, 0.3) is 0 Å². The Balaban J connectivity index is 1.78. The van der Waals surface area contributed by atoms with E-state index in [0.717, 1.165) is 44.1 Å². The summed E-state index contributed by atoms with van der Waals surface area (Å²) >= 11 is 1.86. The molecule has 3 N–H and O–H groups in total. The SMILES string of the molecule is CCNC(=NCC1(O)CCC1SCC)NCCC1=CCCCC1. The third-order valence-electron chi connectivity index (χ3n) is 4.79. The predicted molar refractivity (Wildman–Crippen MR) is 101 cm³/mol. The van der Waals surface area contributed by atoms with E-state index in [2.05, 4.69) is 35.5 Å². The molecule has 2 aliphatic rings. The monoisotopic (exact) mass is 339 g/mol. The summed E-state index contributed by atoms with van der Waals surface area (Å²) in [5.74, 6) is 1.90. The fraction of sp³-hybridized carbons (Fsp3) is 0.833. The number of hydrogen-bond acceptors (Lipinski definition) is 3. The summed E-state index contributed by atoms with van der Waals surface area (Å²) in [6.07, 6.45) is 10.7. The fourth-order valence-corrected chi connectivity index (χ4v) is 4.44. The minimum atomic E-state index is -0.602. The molecule has 0 radical (unpaired) electrons.